The van der Waals surface area contributed by atoms with E-state index in [0.717, 1.165) is 11.3 Å². The summed E-state index contributed by atoms with van der Waals surface area (Å²) in [7, 11) is 1.18. The summed E-state index contributed by atoms with van der Waals surface area (Å²) >= 11 is 0.867. The highest BCUT2D eigenvalue weighted by Gasteiger charge is 2.27. The van der Waals surface area contributed by atoms with Gasteiger partial charge in [-0.25, -0.2) is 9.18 Å². The first-order valence-electron chi connectivity index (χ1n) is 10.2. The van der Waals surface area contributed by atoms with E-state index in [1.165, 1.54) is 38.3 Å². The number of nitrogens with one attached hydrogen (secondary N) is 3. The van der Waals surface area contributed by atoms with Gasteiger partial charge in [0.05, 0.1) is 23.2 Å². The van der Waals surface area contributed by atoms with Gasteiger partial charge < -0.3 is 20.7 Å². The van der Waals surface area contributed by atoms with E-state index in [9.17, 15) is 23.6 Å². The lowest BCUT2D eigenvalue weighted by molar-refractivity contribution is -0.115. The van der Waals surface area contributed by atoms with Crippen molar-refractivity contribution in [2.75, 3.05) is 23.1 Å². The normalized spacial score (nSPS) is 10.4. The Labute approximate surface area is 199 Å². The summed E-state index contributed by atoms with van der Waals surface area (Å²) in [5, 5.41) is 7.89. The largest absolute Gasteiger partial charge is 0.465 e. The number of esters is 1. The van der Waals surface area contributed by atoms with Crippen molar-refractivity contribution in [3.05, 3.63) is 75.9 Å². The Morgan fingerprint density at radius 2 is 1.71 bits per heavy atom. The summed E-state index contributed by atoms with van der Waals surface area (Å²) in [6, 6.07) is 12.0. The van der Waals surface area contributed by atoms with Crippen molar-refractivity contribution < 1.29 is 28.3 Å². The van der Waals surface area contributed by atoms with Crippen LogP contribution in [0, 0.1) is 12.7 Å². The van der Waals surface area contributed by atoms with Crippen LogP contribution in [0.1, 0.15) is 49.3 Å². The third kappa shape index (κ3) is 5.46. The van der Waals surface area contributed by atoms with Gasteiger partial charge in [-0.15, -0.1) is 11.3 Å². The molecule has 0 aliphatic carbocycles. The summed E-state index contributed by atoms with van der Waals surface area (Å²) < 4.78 is 18.8. The lowest BCUT2D eigenvalue weighted by atomic mass is 10.1. The zero-order valence-corrected chi connectivity index (χ0v) is 19.5. The number of benzene rings is 2. The summed E-state index contributed by atoms with van der Waals surface area (Å²) in [5.41, 5.74) is 0.963. The first-order valence-corrected chi connectivity index (χ1v) is 11.1. The van der Waals surface area contributed by atoms with Gasteiger partial charge >= 0.3 is 5.97 Å². The highest BCUT2D eigenvalue weighted by molar-refractivity contribution is 7.19. The van der Waals surface area contributed by atoms with E-state index in [1.807, 2.05) is 0 Å². The molecule has 0 bridgehead atoms. The number of anilines is 3. The molecule has 0 atom stereocenters. The number of halogens is 1. The van der Waals surface area contributed by atoms with Crippen LogP contribution in [-0.2, 0) is 9.53 Å². The summed E-state index contributed by atoms with van der Waals surface area (Å²) in [6.07, 6.45) is 0.283. The SMILES string of the molecule is CCC(=O)Nc1cccc(C(=O)Nc2sc(C(=O)Nc3ccccc3F)c(C)c2C(=O)OC)c1. The third-order valence-corrected chi connectivity index (χ3v) is 6.03. The molecule has 176 valence electrons. The van der Waals surface area contributed by atoms with E-state index in [4.69, 9.17) is 4.74 Å². The molecule has 0 aliphatic rings. The van der Waals surface area contributed by atoms with E-state index in [1.54, 1.807) is 31.2 Å². The molecular formula is C24H22FN3O5S. The molecule has 1 aromatic heterocycles. The van der Waals surface area contributed by atoms with Crippen molar-refractivity contribution >= 4 is 51.4 Å². The van der Waals surface area contributed by atoms with Gasteiger partial charge in [-0.3, -0.25) is 14.4 Å². The highest BCUT2D eigenvalue weighted by Crippen LogP contribution is 2.35. The number of amides is 3. The lowest BCUT2D eigenvalue weighted by Crippen LogP contribution is -2.15. The van der Waals surface area contributed by atoms with E-state index >= 15 is 0 Å². The first-order chi connectivity index (χ1) is 16.2. The van der Waals surface area contributed by atoms with Gasteiger partial charge in [0.15, 0.2) is 0 Å². The number of ether oxygens (including phenoxy) is 1. The smallest absolute Gasteiger partial charge is 0.341 e. The Bertz CT molecular complexity index is 1270. The first kappa shape index (κ1) is 24.6. The second-order valence-electron chi connectivity index (χ2n) is 7.12. The third-order valence-electron chi connectivity index (χ3n) is 4.82. The van der Waals surface area contributed by atoms with Crippen LogP contribution in [0.5, 0.6) is 0 Å². The van der Waals surface area contributed by atoms with Gasteiger partial charge in [0, 0.05) is 17.7 Å². The molecule has 3 N–H and O–H groups in total. The zero-order valence-electron chi connectivity index (χ0n) is 18.7. The molecule has 2 aromatic carbocycles. The Kier molecular flexibility index (Phi) is 7.75. The summed E-state index contributed by atoms with van der Waals surface area (Å²) in [5.74, 6) is -2.74. The maximum Gasteiger partial charge on any atom is 0.341 e. The predicted molar refractivity (Wildman–Crippen MR) is 128 cm³/mol. The number of rotatable bonds is 7. The minimum atomic E-state index is -0.738. The van der Waals surface area contributed by atoms with E-state index in [-0.39, 0.29) is 44.6 Å². The Morgan fingerprint density at radius 3 is 2.38 bits per heavy atom. The molecule has 3 amide bonds. The molecular weight excluding hydrogens is 461 g/mol. The number of hydrogen-bond acceptors (Lipinski definition) is 6. The molecule has 8 nitrogen and oxygen atoms in total. The molecule has 0 aliphatic heterocycles. The topological polar surface area (TPSA) is 114 Å². The second kappa shape index (κ2) is 10.7. The van der Waals surface area contributed by atoms with Crippen LogP contribution in [0.3, 0.4) is 0 Å². The van der Waals surface area contributed by atoms with Crippen molar-refractivity contribution in [2.45, 2.75) is 20.3 Å². The average Bonchev–Trinajstić information content (AvgIpc) is 3.15. The minimum absolute atomic E-state index is 0.0172. The fourth-order valence-corrected chi connectivity index (χ4v) is 4.16. The fraction of sp³-hybridized carbons (Fsp3) is 0.167. The molecule has 0 radical (unpaired) electrons. The fourth-order valence-electron chi connectivity index (χ4n) is 3.07. The van der Waals surface area contributed by atoms with Crippen molar-refractivity contribution in [1.82, 2.24) is 0 Å². The lowest BCUT2D eigenvalue weighted by Gasteiger charge is -2.08. The standard InChI is InChI=1S/C24H22FN3O5S/c1-4-18(29)26-15-9-7-8-14(12-15)21(30)28-23-19(24(32)33-3)13(2)20(34-23)22(31)27-17-11-6-5-10-16(17)25/h5-12H,4H2,1-3H3,(H,26,29)(H,27,31)(H,28,30). The molecule has 0 unspecified atom stereocenters. The summed E-state index contributed by atoms with van der Waals surface area (Å²) in [6.45, 7) is 3.24. The van der Waals surface area contributed by atoms with Crippen LogP contribution in [0.2, 0.25) is 0 Å². The molecule has 1 heterocycles. The zero-order chi connectivity index (χ0) is 24.8. The van der Waals surface area contributed by atoms with E-state index in [0.29, 0.717) is 5.69 Å². The van der Waals surface area contributed by atoms with Crippen molar-refractivity contribution in [3.8, 4) is 0 Å². The van der Waals surface area contributed by atoms with E-state index < -0.39 is 23.6 Å². The van der Waals surface area contributed by atoms with Crippen molar-refractivity contribution in [3.63, 3.8) is 0 Å². The number of carbonyl (C=O) groups is 4. The number of thiophene rings is 1. The highest BCUT2D eigenvalue weighted by atomic mass is 32.1. The van der Waals surface area contributed by atoms with Gasteiger partial charge in [0.25, 0.3) is 11.8 Å². The van der Waals surface area contributed by atoms with Gasteiger partial charge in [-0.1, -0.05) is 25.1 Å². The predicted octanol–water partition coefficient (Wildman–Crippen LogP) is 4.84. The van der Waals surface area contributed by atoms with Crippen LogP contribution in [0.15, 0.2) is 48.5 Å². The van der Waals surface area contributed by atoms with Crippen LogP contribution in [-0.4, -0.2) is 30.8 Å². The molecule has 3 aromatic rings. The van der Waals surface area contributed by atoms with Crippen molar-refractivity contribution in [2.24, 2.45) is 0 Å². The molecule has 0 fully saturated rings. The Balaban J connectivity index is 1.91. The van der Waals surface area contributed by atoms with Gasteiger partial charge in [-0.2, -0.15) is 0 Å². The monoisotopic (exact) mass is 483 g/mol. The Hall–Kier alpha value is -4.05. The molecule has 0 saturated carbocycles. The molecule has 0 saturated heterocycles. The quantitative estimate of drug-likeness (QED) is 0.417. The number of methoxy groups -OCH3 is 1. The number of carbonyl (C=O) groups excluding carboxylic acids is 4. The van der Waals surface area contributed by atoms with E-state index in [2.05, 4.69) is 16.0 Å². The van der Waals surface area contributed by atoms with Gasteiger partial charge in [-0.05, 0) is 42.8 Å². The van der Waals surface area contributed by atoms with Crippen LogP contribution < -0.4 is 16.0 Å². The Morgan fingerprint density at radius 1 is 0.971 bits per heavy atom. The number of hydrogen-bond donors (Lipinski definition) is 3. The molecule has 0 spiro atoms. The molecule has 34 heavy (non-hydrogen) atoms. The van der Waals surface area contributed by atoms with Gasteiger partial charge in [0.1, 0.15) is 10.8 Å². The second-order valence-corrected chi connectivity index (χ2v) is 8.14. The van der Waals surface area contributed by atoms with Crippen LogP contribution in [0.25, 0.3) is 0 Å². The minimum Gasteiger partial charge on any atom is -0.465 e. The average molecular weight is 484 g/mol. The number of para-hydroxylation sites is 1. The molecule has 3 rings (SSSR count). The van der Waals surface area contributed by atoms with Crippen LogP contribution in [0.4, 0.5) is 20.8 Å². The van der Waals surface area contributed by atoms with Crippen molar-refractivity contribution in [1.29, 1.82) is 0 Å². The van der Waals surface area contributed by atoms with Crippen LogP contribution >= 0.6 is 11.3 Å². The summed E-state index contributed by atoms with van der Waals surface area (Å²) in [4.78, 5) is 49.9. The molecule has 10 heteroatoms. The maximum atomic E-state index is 14.0. The maximum absolute atomic E-state index is 14.0. The van der Waals surface area contributed by atoms with Gasteiger partial charge in [0.2, 0.25) is 5.91 Å².